The van der Waals surface area contributed by atoms with Gasteiger partial charge in [-0.2, -0.15) is 0 Å². The Morgan fingerprint density at radius 2 is 1.68 bits per heavy atom. The molecular weight excluding hydrogens is 248 g/mol. The maximum Gasteiger partial charge on any atom is 0.513 e. The van der Waals surface area contributed by atoms with Crippen molar-refractivity contribution in [2.24, 2.45) is 0 Å². The first-order valence-corrected chi connectivity index (χ1v) is 5.53. The summed E-state index contributed by atoms with van der Waals surface area (Å²) >= 11 is 0. The molecule has 19 heavy (non-hydrogen) atoms. The van der Waals surface area contributed by atoms with E-state index in [1.807, 2.05) is 12.1 Å². The summed E-state index contributed by atoms with van der Waals surface area (Å²) in [6.07, 6.45) is -0.888. The number of esters is 1. The van der Waals surface area contributed by atoms with Crippen LogP contribution >= 0.6 is 0 Å². The standard InChI is InChI=1S/C14H12O5/c1-17-13(15)12-10-6-4-3-5-9(10)7-8-11(12)19-14(16)18-2/h3-8H,1-2H3. The first-order valence-electron chi connectivity index (χ1n) is 5.53. The van der Waals surface area contributed by atoms with Crippen LogP contribution in [0.1, 0.15) is 10.4 Å². The van der Waals surface area contributed by atoms with Crippen LogP contribution < -0.4 is 4.74 Å². The zero-order chi connectivity index (χ0) is 13.8. The SMILES string of the molecule is COC(=O)Oc1ccc2ccccc2c1C(=O)OC. The Morgan fingerprint density at radius 3 is 2.37 bits per heavy atom. The second-order valence-electron chi connectivity index (χ2n) is 3.71. The number of hydrogen-bond acceptors (Lipinski definition) is 5. The average molecular weight is 260 g/mol. The number of rotatable bonds is 2. The zero-order valence-corrected chi connectivity index (χ0v) is 10.5. The minimum absolute atomic E-state index is 0.109. The highest BCUT2D eigenvalue weighted by molar-refractivity contribution is 6.07. The van der Waals surface area contributed by atoms with Crippen molar-refractivity contribution in [1.82, 2.24) is 0 Å². The molecule has 98 valence electrons. The monoisotopic (exact) mass is 260 g/mol. The molecule has 0 saturated heterocycles. The molecule has 0 aromatic heterocycles. The van der Waals surface area contributed by atoms with Crippen LogP contribution in [0.4, 0.5) is 4.79 Å². The van der Waals surface area contributed by atoms with Crippen molar-refractivity contribution in [3.05, 3.63) is 42.0 Å². The largest absolute Gasteiger partial charge is 0.513 e. The van der Waals surface area contributed by atoms with Gasteiger partial charge in [-0.15, -0.1) is 0 Å². The van der Waals surface area contributed by atoms with Gasteiger partial charge in [0.25, 0.3) is 0 Å². The molecule has 0 aliphatic rings. The van der Waals surface area contributed by atoms with E-state index in [9.17, 15) is 9.59 Å². The lowest BCUT2D eigenvalue weighted by atomic mass is 10.0. The van der Waals surface area contributed by atoms with Gasteiger partial charge in [-0.25, -0.2) is 9.59 Å². The summed E-state index contributed by atoms with van der Waals surface area (Å²) < 4.78 is 14.1. The normalized spacial score (nSPS) is 10.0. The van der Waals surface area contributed by atoms with Crippen LogP contribution in [-0.2, 0) is 9.47 Å². The molecule has 0 heterocycles. The zero-order valence-electron chi connectivity index (χ0n) is 10.5. The van der Waals surface area contributed by atoms with E-state index >= 15 is 0 Å². The number of benzene rings is 2. The minimum Gasteiger partial charge on any atom is -0.465 e. The Hall–Kier alpha value is -2.56. The topological polar surface area (TPSA) is 61.8 Å². The van der Waals surface area contributed by atoms with Crippen molar-refractivity contribution in [3.63, 3.8) is 0 Å². The number of carbonyl (C=O) groups is 2. The Bertz CT molecular complexity index is 633. The van der Waals surface area contributed by atoms with Crippen LogP contribution in [0.15, 0.2) is 36.4 Å². The molecule has 2 rings (SSSR count). The van der Waals surface area contributed by atoms with Crippen molar-refractivity contribution < 1.29 is 23.8 Å². The van der Waals surface area contributed by atoms with Gasteiger partial charge in [-0.3, -0.25) is 0 Å². The summed E-state index contributed by atoms with van der Waals surface area (Å²) in [6, 6.07) is 10.5. The summed E-state index contributed by atoms with van der Waals surface area (Å²) in [5, 5.41) is 1.50. The molecule has 5 nitrogen and oxygen atoms in total. The first kappa shape index (κ1) is 12.9. The lowest BCUT2D eigenvalue weighted by Gasteiger charge is -2.10. The first-order chi connectivity index (χ1) is 9.17. The van der Waals surface area contributed by atoms with Crippen LogP contribution in [0, 0.1) is 0 Å². The molecule has 5 heteroatoms. The van der Waals surface area contributed by atoms with Gasteiger partial charge >= 0.3 is 12.1 Å². The lowest BCUT2D eigenvalue weighted by molar-refractivity contribution is 0.0598. The van der Waals surface area contributed by atoms with E-state index < -0.39 is 12.1 Å². The summed E-state index contributed by atoms with van der Waals surface area (Å²) in [4.78, 5) is 23.0. The van der Waals surface area contributed by atoms with Crippen LogP contribution in [0.3, 0.4) is 0 Å². The minimum atomic E-state index is -0.888. The van der Waals surface area contributed by atoms with E-state index in [0.29, 0.717) is 5.39 Å². The van der Waals surface area contributed by atoms with Crippen molar-refractivity contribution in [3.8, 4) is 5.75 Å². The summed E-state index contributed by atoms with van der Waals surface area (Å²) in [5.74, 6) is -0.465. The van der Waals surface area contributed by atoms with E-state index in [-0.39, 0.29) is 11.3 Å². The van der Waals surface area contributed by atoms with Gasteiger partial charge < -0.3 is 14.2 Å². The molecule has 2 aromatic carbocycles. The van der Waals surface area contributed by atoms with Crippen molar-refractivity contribution in [2.75, 3.05) is 14.2 Å². The Balaban J connectivity index is 2.63. The Morgan fingerprint density at radius 1 is 0.947 bits per heavy atom. The number of fused-ring (bicyclic) bond motifs is 1. The van der Waals surface area contributed by atoms with Gasteiger partial charge in [-0.05, 0) is 16.8 Å². The molecular formula is C14H12O5. The highest BCUT2D eigenvalue weighted by Crippen LogP contribution is 2.29. The highest BCUT2D eigenvalue weighted by atomic mass is 16.7. The molecule has 0 unspecified atom stereocenters. The third-order valence-corrected chi connectivity index (χ3v) is 2.64. The Labute approximate surface area is 109 Å². The quantitative estimate of drug-likeness (QED) is 0.613. The van der Waals surface area contributed by atoms with Gasteiger partial charge in [0.05, 0.1) is 14.2 Å². The molecule has 0 fully saturated rings. The van der Waals surface area contributed by atoms with Crippen LogP contribution in [0.5, 0.6) is 5.75 Å². The maximum atomic E-state index is 11.9. The van der Waals surface area contributed by atoms with Crippen LogP contribution in [0.2, 0.25) is 0 Å². The second-order valence-corrected chi connectivity index (χ2v) is 3.71. The third-order valence-electron chi connectivity index (χ3n) is 2.64. The highest BCUT2D eigenvalue weighted by Gasteiger charge is 2.19. The summed E-state index contributed by atoms with van der Waals surface area (Å²) in [6.45, 7) is 0. The Kier molecular flexibility index (Phi) is 3.66. The number of methoxy groups -OCH3 is 2. The molecule has 0 aliphatic carbocycles. The second kappa shape index (κ2) is 5.39. The van der Waals surface area contributed by atoms with Gasteiger partial charge in [0.1, 0.15) is 11.3 Å². The predicted octanol–water partition coefficient (Wildman–Crippen LogP) is 2.77. The van der Waals surface area contributed by atoms with E-state index in [0.717, 1.165) is 5.39 Å². The predicted molar refractivity (Wildman–Crippen MR) is 68.3 cm³/mol. The average Bonchev–Trinajstić information content (AvgIpc) is 2.46. The molecule has 0 N–H and O–H groups in total. The molecule has 2 aromatic rings. The summed E-state index contributed by atoms with van der Waals surface area (Å²) in [7, 11) is 2.47. The van der Waals surface area contributed by atoms with Crippen LogP contribution in [-0.4, -0.2) is 26.3 Å². The molecule has 0 aliphatic heterocycles. The lowest BCUT2D eigenvalue weighted by Crippen LogP contribution is -2.12. The van der Waals surface area contributed by atoms with E-state index in [1.54, 1.807) is 18.2 Å². The molecule has 0 bridgehead atoms. The number of carbonyl (C=O) groups excluding carboxylic acids is 2. The molecule has 0 atom stereocenters. The van der Waals surface area contributed by atoms with Crippen molar-refractivity contribution in [2.45, 2.75) is 0 Å². The number of ether oxygens (including phenoxy) is 3. The molecule has 0 radical (unpaired) electrons. The number of hydrogen-bond donors (Lipinski definition) is 0. The van der Waals surface area contributed by atoms with Gasteiger partial charge in [0, 0.05) is 0 Å². The van der Waals surface area contributed by atoms with Gasteiger partial charge in [-0.1, -0.05) is 30.3 Å². The van der Waals surface area contributed by atoms with E-state index in [1.165, 1.54) is 20.3 Å². The maximum absolute atomic E-state index is 11.9. The molecule has 0 saturated carbocycles. The fraction of sp³-hybridized carbons (Fsp3) is 0.143. The fourth-order valence-corrected chi connectivity index (χ4v) is 1.78. The van der Waals surface area contributed by atoms with Crippen molar-refractivity contribution >= 4 is 22.9 Å². The van der Waals surface area contributed by atoms with E-state index in [2.05, 4.69) is 4.74 Å². The van der Waals surface area contributed by atoms with Crippen molar-refractivity contribution in [1.29, 1.82) is 0 Å². The summed E-state index contributed by atoms with van der Waals surface area (Å²) in [5.41, 5.74) is 0.200. The fourth-order valence-electron chi connectivity index (χ4n) is 1.78. The smallest absolute Gasteiger partial charge is 0.465 e. The third kappa shape index (κ3) is 2.49. The molecule has 0 spiro atoms. The van der Waals surface area contributed by atoms with Gasteiger partial charge in [0.2, 0.25) is 0 Å². The van der Waals surface area contributed by atoms with E-state index in [4.69, 9.17) is 9.47 Å². The van der Waals surface area contributed by atoms with Gasteiger partial charge in [0.15, 0.2) is 0 Å². The molecule has 0 amide bonds. The van der Waals surface area contributed by atoms with Crippen LogP contribution in [0.25, 0.3) is 10.8 Å².